The van der Waals surface area contributed by atoms with Crippen molar-refractivity contribution in [3.8, 4) is 0 Å². The van der Waals surface area contributed by atoms with Gasteiger partial charge in [-0.2, -0.15) is 13.2 Å². The van der Waals surface area contributed by atoms with Crippen LogP contribution in [0.3, 0.4) is 0 Å². The second-order valence-corrected chi connectivity index (χ2v) is 6.33. The summed E-state index contributed by atoms with van der Waals surface area (Å²) in [6.45, 7) is 3.63. The summed E-state index contributed by atoms with van der Waals surface area (Å²) in [6, 6.07) is 3.93. The summed E-state index contributed by atoms with van der Waals surface area (Å²) in [4.78, 5) is 21.1. The number of hydrogen-bond acceptors (Lipinski definition) is 3. The molecule has 1 aliphatic heterocycles. The minimum absolute atomic E-state index is 0.0982. The van der Waals surface area contributed by atoms with Crippen molar-refractivity contribution in [1.29, 1.82) is 0 Å². The van der Waals surface area contributed by atoms with Crippen LogP contribution in [0.2, 0.25) is 0 Å². The molecule has 0 bridgehead atoms. The van der Waals surface area contributed by atoms with Crippen molar-refractivity contribution in [1.82, 2.24) is 14.9 Å². The number of imidazole rings is 1. The molecule has 1 aromatic carbocycles. The van der Waals surface area contributed by atoms with E-state index in [1.807, 2.05) is 26.0 Å². The molecule has 0 saturated carbocycles. The van der Waals surface area contributed by atoms with Gasteiger partial charge >= 0.3 is 6.18 Å². The summed E-state index contributed by atoms with van der Waals surface area (Å²) in [5.41, 5.74) is 3.97. The topological polar surface area (TPSA) is 58.2 Å². The first-order chi connectivity index (χ1) is 11.8. The van der Waals surface area contributed by atoms with Gasteiger partial charge in [0.1, 0.15) is 5.82 Å². The minimum atomic E-state index is -4.45. The van der Waals surface area contributed by atoms with E-state index in [2.05, 4.69) is 9.97 Å². The van der Waals surface area contributed by atoms with Crippen LogP contribution >= 0.6 is 0 Å². The molecule has 0 spiro atoms. The smallest absolute Gasteiger partial charge is 0.365 e. The summed E-state index contributed by atoms with van der Waals surface area (Å²) >= 11 is 0. The van der Waals surface area contributed by atoms with Crippen LogP contribution in [0.1, 0.15) is 23.4 Å². The lowest BCUT2D eigenvalue weighted by molar-refractivity contribution is -0.236. The Morgan fingerprint density at radius 2 is 2.16 bits per heavy atom. The number of morpholine rings is 1. The number of aryl methyl sites for hydroxylation is 3. The van der Waals surface area contributed by atoms with E-state index < -0.39 is 18.8 Å². The maximum absolute atomic E-state index is 12.7. The zero-order chi connectivity index (χ0) is 18.2. The second kappa shape index (κ2) is 6.67. The van der Waals surface area contributed by atoms with Crippen LogP contribution in [0.25, 0.3) is 11.0 Å². The summed E-state index contributed by atoms with van der Waals surface area (Å²) in [7, 11) is 0. The number of halogens is 3. The van der Waals surface area contributed by atoms with Crippen LogP contribution < -0.4 is 0 Å². The first kappa shape index (κ1) is 17.7. The highest BCUT2D eigenvalue weighted by Crippen LogP contribution is 2.26. The Bertz CT molecular complexity index is 785. The first-order valence-electron chi connectivity index (χ1n) is 8.16. The van der Waals surface area contributed by atoms with Crippen LogP contribution in [0.4, 0.5) is 13.2 Å². The predicted octanol–water partition coefficient (Wildman–Crippen LogP) is 2.90. The van der Waals surface area contributed by atoms with E-state index in [1.165, 1.54) is 4.90 Å². The molecule has 1 atom stereocenters. The summed E-state index contributed by atoms with van der Waals surface area (Å²) < 4.78 is 42.9. The number of amides is 1. The second-order valence-electron chi connectivity index (χ2n) is 6.33. The molecular formula is C17H20F3N3O2. The monoisotopic (exact) mass is 355 g/mol. The van der Waals surface area contributed by atoms with E-state index in [0.29, 0.717) is 12.2 Å². The fourth-order valence-corrected chi connectivity index (χ4v) is 2.94. The molecule has 25 heavy (non-hydrogen) atoms. The molecule has 3 rings (SSSR count). The molecule has 2 aromatic rings. The molecule has 0 radical (unpaired) electrons. The third-order valence-electron chi connectivity index (χ3n) is 4.59. The predicted molar refractivity (Wildman–Crippen MR) is 86.3 cm³/mol. The number of hydrogen-bond donors (Lipinski definition) is 1. The van der Waals surface area contributed by atoms with E-state index in [-0.39, 0.29) is 25.5 Å². The number of ether oxygens (including phenoxy) is 1. The van der Waals surface area contributed by atoms with Gasteiger partial charge in [0.15, 0.2) is 6.10 Å². The SMILES string of the molecule is Cc1ccc2[nH]c(CCC(=O)N3CCOC(C(F)(F)F)C3)nc2c1C. The van der Waals surface area contributed by atoms with E-state index in [9.17, 15) is 18.0 Å². The summed E-state index contributed by atoms with van der Waals surface area (Å²) in [6.07, 6.45) is -5.88. The van der Waals surface area contributed by atoms with E-state index in [1.54, 1.807) is 0 Å². The molecule has 5 nitrogen and oxygen atoms in total. The summed E-state index contributed by atoms with van der Waals surface area (Å²) in [5.74, 6) is 0.351. The zero-order valence-corrected chi connectivity index (χ0v) is 14.1. The van der Waals surface area contributed by atoms with Crippen LogP contribution in [-0.4, -0.2) is 52.8 Å². The average Bonchev–Trinajstić information content (AvgIpc) is 2.99. The summed E-state index contributed by atoms with van der Waals surface area (Å²) in [5, 5.41) is 0. The molecule has 1 aromatic heterocycles. The molecule has 1 N–H and O–H groups in total. The number of aromatic amines is 1. The zero-order valence-electron chi connectivity index (χ0n) is 14.1. The number of carbonyl (C=O) groups is 1. The van der Waals surface area contributed by atoms with Gasteiger partial charge in [0.2, 0.25) is 5.91 Å². The maximum Gasteiger partial charge on any atom is 0.416 e. The van der Waals surface area contributed by atoms with Crippen molar-refractivity contribution < 1.29 is 22.7 Å². The lowest BCUT2D eigenvalue weighted by Crippen LogP contribution is -2.51. The lowest BCUT2D eigenvalue weighted by Gasteiger charge is -2.33. The minimum Gasteiger partial charge on any atom is -0.365 e. The Morgan fingerprint density at radius 3 is 2.88 bits per heavy atom. The number of rotatable bonds is 3. The van der Waals surface area contributed by atoms with Crippen molar-refractivity contribution in [2.24, 2.45) is 0 Å². The molecule has 1 aliphatic rings. The Labute approximate surface area is 143 Å². The van der Waals surface area contributed by atoms with E-state index in [4.69, 9.17) is 4.74 Å². The van der Waals surface area contributed by atoms with Gasteiger partial charge in [-0.3, -0.25) is 4.79 Å². The standard InChI is InChI=1S/C17H20F3N3O2/c1-10-3-4-12-16(11(10)2)22-14(21-12)5-6-15(24)23-7-8-25-13(9-23)17(18,19)20/h3-4,13H,5-9H2,1-2H3,(H,21,22). The molecule has 1 fully saturated rings. The third-order valence-corrected chi connectivity index (χ3v) is 4.59. The van der Waals surface area contributed by atoms with Gasteiger partial charge in [0.05, 0.1) is 24.2 Å². The number of alkyl halides is 3. The fourth-order valence-electron chi connectivity index (χ4n) is 2.94. The van der Waals surface area contributed by atoms with Crippen LogP contribution in [0, 0.1) is 13.8 Å². The molecule has 2 heterocycles. The number of benzene rings is 1. The van der Waals surface area contributed by atoms with Crippen LogP contribution in [-0.2, 0) is 16.0 Å². The Kier molecular flexibility index (Phi) is 4.73. The van der Waals surface area contributed by atoms with Crippen molar-refractivity contribution in [2.75, 3.05) is 19.7 Å². The normalized spacial score (nSPS) is 18.8. The number of nitrogens with one attached hydrogen (secondary N) is 1. The van der Waals surface area contributed by atoms with Crippen molar-refractivity contribution in [3.05, 3.63) is 29.1 Å². The van der Waals surface area contributed by atoms with Gasteiger partial charge in [-0.15, -0.1) is 0 Å². The number of nitrogens with zero attached hydrogens (tertiary/aromatic N) is 2. The van der Waals surface area contributed by atoms with Crippen molar-refractivity contribution >= 4 is 16.9 Å². The Balaban J connectivity index is 1.63. The molecule has 1 unspecified atom stereocenters. The van der Waals surface area contributed by atoms with Gasteiger partial charge in [-0.25, -0.2) is 4.98 Å². The molecule has 1 amide bonds. The Hall–Kier alpha value is -2.09. The highest BCUT2D eigenvalue weighted by molar-refractivity contribution is 5.80. The molecule has 8 heteroatoms. The highest BCUT2D eigenvalue weighted by Gasteiger charge is 2.44. The average molecular weight is 355 g/mol. The quantitative estimate of drug-likeness (QED) is 0.921. The van der Waals surface area contributed by atoms with Crippen LogP contribution in [0.15, 0.2) is 12.1 Å². The third kappa shape index (κ3) is 3.78. The molecule has 0 aliphatic carbocycles. The number of fused-ring (bicyclic) bond motifs is 1. The fraction of sp³-hybridized carbons (Fsp3) is 0.529. The lowest BCUT2D eigenvalue weighted by atomic mass is 10.1. The van der Waals surface area contributed by atoms with Gasteiger partial charge in [-0.05, 0) is 31.0 Å². The van der Waals surface area contributed by atoms with Crippen molar-refractivity contribution in [2.45, 2.75) is 39.0 Å². The van der Waals surface area contributed by atoms with Gasteiger partial charge in [0.25, 0.3) is 0 Å². The van der Waals surface area contributed by atoms with Crippen LogP contribution in [0.5, 0.6) is 0 Å². The molecule has 136 valence electrons. The van der Waals surface area contributed by atoms with E-state index >= 15 is 0 Å². The molecular weight excluding hydrogens is 335 g/mol. The van der Waals surface area contributed by atoms with E-state index in [0.717, 1.165) is 22.2 Å². The number of carbonyl (C=O) groups excluding carboxylic acids is 1. The Morgan fingerprint density at radius 1 is 1.40 bits per heavy atom. The van der Waals surface area contributed by atoms with Gasteiger partial charge in [0, 0.05) is 19.4 Å². The molecule has 1 saturated heterocycles. The van der Waals surface area contributed by atoms with Gasteiger partial charge in [-0.1, -0.05) is 6.07 Å². The van der Waals surface area contributed by atoms with Crippen molar-refractivity contribution in [3.63, 3.8) is 0 Å². The first-order valence-corrected chi connectivity index (χ1v) is 8.16. The maximum atomic E-state index is 12.7. The van der Waals surface area contributed by atoms with Gasteiger partial charge < -0.3 is 14.6 Å². The number of H-pyrrole nitrogens is 1. The number of aromatic nitrogens is 2. The largest absolute Gasteiger partial charge is 0.416 e. The highest BCUT2D eigenvalue weighted by atomic mass is 19.4.